The Hall–Kier alpha value is -1.85. The normalized spacial score (nSPS) is 30.4. The van der Waals surface area contributed by atoms with Crippen LogP contribution < -0.4 is 5.32 Å². The molecule has 3 rings (SSSR count). The zero-order valence-electron chi connectivity index (χ0n) is 14.0. The van der Waals surface area contributed by atoms with E-state index in [0.29, 0.717) is 31.8 Å². The highest BCUT2D eigenvalue weighted by Gasteiger charge is 2.39. The fourth-order valence-electron chi connectivity index (χ4n) is 3.78. The Kier molecular flexibility index (Phi) is 5.53. The van der Waals surface area contributed by atoms with Crippen molar-refractivity contribution in [3.8, 4) is 0 Å². The molecular formula is C18H26N2O4. The van der Waals surface area contributed by atoms with Gasteiger partial charge in [-0.3, -0.25) is 14.4 Å². The maximum atomic E-state index is 13.0. The van der Waals surface area contributed by atoms with Crippen LogP contribution in [-0.4, -0.2) is 47.9 Å². The first kappa shape index (κ1) is 17.0. The molecule has 0 bridgehead atoms. The number of nitrogens with zero attached hydrogens (tertiary/aromatic N) is 1. The van der Waals surface area contributed by atoms with Crippen molar-refractivity contribution < 1.29 is 19.1 Å². The van der Waals surface area contributed by atoms with Gasteiger partial charge in [0.15, 0.2) is 6.10 Å². The van der Waals surface area contributed by atoms with E-state index in [1.165, 1.54) is 0 Å². The Morgan fingerprint density at radius 3 is 2.79 bits per heavy atom. The van der Waals surface area contributed by atoms with Gasteiger partial charge in [0, 0.05) is 25.9 Å². The monoisotopic (exact) mass is 334 g/mol. The van der Waals surface area contributed by atoms with E-state index < -0.39 is 12.1 Å². The summed E-state index contributed by atoms with van der Waals surface area (Å²) in [5.41, 5.74) is 0. The van der Waals surface area contributed by atoms with Crippen LogP contribution in [0.2, 0.25) is 0 Å². The number of esters is 1. The number of hydrogen-bond donors (Lipinski definition) is 1. The summed E-state index contributed by atoms with van der Waals surface area (Å²) in [7, 11) is 0. The highest BCUT2D eigenvalue weighted by molar-refractivity contribution is 5.91. The van der Waals surface area contributed by atoms with Crippen LogP contribution in [0.4, 0.5) is 0 Å². The first-order valence-corrected chi connectivity index (χ1v) is 9.08. The summed E-state index contributed by atoms with van der Waals surface area (Å²) < 4.78 is 5.17. The minimum Gasteiger partial charge on any atom is -0.452 e. The molecule has 6 heteroatoms. The van der Waals surface area contributed by atoms with Gasteiger partial charge in [-0.25, -0.2) is 0 Å². The molecule has 0 unspecified atom stereocenters. The van der Waals surface area contributed by atoms with E-state index in [1.807, 2.05) is 0 Å². The zero-order valence-corrected chi connectivity index (χ0v) is 14.0. The number of rotatable bonds is 4. The van der Waals surface area contributed by atoms with E-state index in [1.54, 1.807) is 4.90 Å². The number of amides is 2. The molecule has 2 fully saturated rings. The first-order chi connectivity index (χ1) is 11.6. The van der Waals surface area contributed by atoms with Gasteiger partial charge in [0.1, 0.15) is 6.04 Å². The van der Waals surface area contributed by atoms with Gasteiger partial charge in [-0.05, 0) is 44.4 Å². The van der Waals surface area contributed by atoms with Gasteiger partial charge in [0.25, 0.3) is 5.91 Å². The maximum absolute atomic E-state index is 13.0. The SMILES string of the molecule is O=C1CC[C@@H](C(=O)N(C[C@@H]2CC=CCC2)[C@H]2CCCCNC2=O)O1. The van der Waals surface area contributed by atoms with Crippen LogP contribution in [0.25, 0.3) is 0 Å². The summed E-state index contributed by atoms with van der Waals surface area (Å²) >= 11 is 0. The van der Waals surface area contributed by atoms with Crippen molar-refractivity contribution in [3.05, 3.63) is 12.2 Å². The molecule has 2 amide bonds. The van der Waals surface area contributed by atoms with Gasteiger partial charge in [0.2, 0.25) is 5.91 Å². The third kappa shape index (κ3) is 3.97. The molecule has 6 nitrogen and oxygen atoms in total. The molecule has 1 aliphatic carbocycles. The van der Waals surface area contributed by atoms with Gasteiger partial charge in [0.05, 0.1) is 0 Å². The summed E-state index contributed by atoms with van der Waals surface area (Å²) in [6.07, 6.45) is 9.83. The summed E-state index contributed by atoms with van der Waals surface area (Å²) in [6, 6.07) is -0.440. The molecule has 132 valence electrons. The van der Waals surface area contributed by atoms with Crippen LogP contribution in [0, 0.1) is 5.92 Å². The van der Waals surface area contributed by atoms with Gasteiger partial charge in [-0.2, -0.15) is 0 Å². The average Bonchev–Trinajstić information content (AvgIpc) is 2.91. The maximum Gasteiger partial charge on any atom is 0.306 e. The molecule has 0 spiro atoms. The molecule has 0 radical (unpaired) electrons. The van der Waals surface area contributed by atoms with Gasteiger partial charge in [-0.15, -0.1) is 0 Å². The lowest BCUT2D eigenvalue weighted by Gasteiger charge is -2.34. The van der Waals surface area contributed by atoms with E-state index in [-0.39, 0.29) is 24.2 Å². The first-order valence-electron chi connectivity index (χ1n) is 9.08. The minimum absolute atomic E-state index is 0.0727. The quantitative estimate of drug-likeness (QED) is 0.625. The molecule has 0 aromatic heterocycles. The van der Waals surface area contributed by atoms with E-state index in [9.17, 15) is 14.4 Å². The van der Waals surface area contributed by atoms with Crippen molar-refractivity contribution >= 4 is 17.8 Å². The lowest BCUT2D eigenvalue weighted by Crippen LogP contribution is -2.53. The molecule has 0 aromatic carbocycles. The summed E-state index contributed by atoms with van der Waals surface area (Å²) in [4.78, 5) is 38.5. The standard InChI is InChI=1S/C18H26N2O4/c21-16-10-9-15(24-16)18(23)20(12-13-6-2-1-3-7-13)14-8-4-5-11-19-17(14)22/h1-2,13-15H,3-12H2,(H,19,22)/t13-,14+,15+/m1/s1. The lowest BCUT2D eigenvalue weighted by atomic mass is 9.92. The number of cyclic esters (lactones) is 1. The molecule has 0 saturated carbocycles. The van der Waals surface area contributed by atoms with Crippen molar-refractivity contribution in [2.45, 2.75) is 63.5 Å². The van der Waals surface area contributed by atoms with Crippen LogP contribution in [-0.2, 0) is 19.1 Å². The Balaban J connectivity index is 1.76. The predicted molar refractivity (Wildman–Crippen MR) is 88.0 cm³/mol. The van der Waals surface area contributed by atoms with Crippen molar-refractivity contribution in [3.63, 3.8) is 0 Å². The van der Waals surface area contributed by atoms with Crippen molar-refractivity contribution in [1.29, 1.82) is 0 Å². The second kappa shape index (κ2) is 7.81. The van der Waals surface area contributed by atoms with Crippen molar-refractivity contribution in [1.82, 2.24) is 10.2 Å². The van der Waals surface area contributed by atoms with Crippen LogP contribution in [0.3, 0.4) is 0 Å². The molecule has 3 atom stereocenters. The molecule has 0 aromatic rings. The molecular weight excluding hydrogens is 308 g/mol. The number of ether oxygens (including phenoxy) is 1. The predicted octanol–water partition coefficient (Wildman–Crippen LogP) is 1.55. The number of carbonyl (C=O) groups is 3. The zero-order chi connectivity index (χ0) is 16.9. The number of hydrogen-bond acceptors (Lipinski definition) is 4. The Bertz CT molecular complexity index is 531. The molecule has 2 aliphatic heterocycles. The molecule has 3 aliphatic rings. The largest absolute Gasteiger partial charge is 0.452 e. The third-order valence-electron chi connectivity index (χ3n) is 5.16. The number of nitrogens with one attached hydrogen (secondary N) is 1. The number of allylic oxidation sites excluding steroid dienone is 2. The highest BCUT2D eigenvalue weighted by Crippen LogP contribution is 2.25. The van der Waals surface area contributed by atoms with Gasteiger partial charge < -0.3 is 15.0 Å². The highest BCUT2D eigenvalue weighted by atomic mass is 16.6. The van der Waals surface area contributed by atoms with E-state index >= 15 is 0 Å². The van der Waals surface area contributed by atoms with Crippen LogP contribution in [0.1, 0.15) is 51.4 Å². The Morgan fingerprint density at radius 1 is 1.21 bits per heavy atom. The van der Waals surface area contributed by atoms with Crippen molar-refractivity contribution in [2.24, 2.45) is 5.92 Å². The third-order valence-corrected chi connectivity index (χ3v) is 5.16. The second-order valence-electron chi connectivity index (χ2n) is 6.96. The van der Waals surface area contributed by atoms with Crippen LogP contribution in [0.5, 0.6) is 0 Å². The van der Waals surface area contributed by atoms with E-state index in [2.05, 4.69) is 17.5 Å². The molecule has 2 heterocycles. The summed E-state index contributed by atoms with van der Waals surface area (Å²) in [6.45, 7) is 1.23. The summed E-state index contributed by atoms with van der Waals surface area (Å²) in [5.74, 6) is -0.222. The lowest BCUT2D eigenvalue weighted by molar-refractivity contribution is -0.156. The average molecular weight is 334 g/mol. The van der Waals surface area contributed by atoms with E-state index in [0.717, 1.165) is 32.1 Å². The Labute approximate surface area is 142 Å². The smallest absolute Gasteiger partial charge is 0.306 e. The molecule has 24 heavy (non-hydrogen) atoms. The number of carbonyl (C=O) groups excluding carboxylic acids is 3. The van der Waals surface area contributed by atoms with Crippen LogP contribution in [0.15, 0.2) is 12.2 Å². The van der Waals surface area contributed by atoms with Gasteiger partial charge in [-0.1, -0.05) is 12.2 Å². The van der Waals surface area contributed by atoms with Crippen molar-refractivity contribution in [2.75, 3.05) is 13.1 Å². The van der Waals surface area contributed by atoms with Crippen LogP contribution >= 0.6 is 0 Å². The Morgan fingerprint density at radius 2 is 2.08 bits per heavy atom. The molecule has 2 saturated heterocycles. The van der Waals surface area contributed by atoms with E-state index in [4.69, 9.17) is 4.74 Å². The minimum atomic E-state index is -0.715. The fraction of sp³-hybridized carbons (Fsp3) is 0.722. The van der Waals surface area contributed by atoms with Gasteiger partial charge >= 0.3 is 5.97 Å². The second-order valence-corrected chi connectivity index (χ2v) is 6.96. The summed E-state index contributed by atoms with van der Waals surface area (Å²) in [5, 5.41) is 2.91. The molecule has 1 N–H and O–H groups in total. The topological polar surface area (TPSA) is 75.7 Å². The fourth-order valence-corrected chi connectivity index (χ4v) is 3.78.